The summed E-state index contributed by atoms with van der Waals surface area (Å²) >= 11 is 0. The normalized spacial score (nSPS) is 12.5. The van der Waals surface area contributed by atoms with Crippen molar-refractivity contribution < 1.29 is 4.74 Å². The van der Waals surface area contributed by atoms with Gasteiger partial charge < -0.3 is 4.74 Å². The molecule has 19 heavy (non-hydrogen) atoms. The van der Waals surface area contributed by atoms with Crippen molar-refractivity contribution in [1.82, 2.24) is 0 Å². The summed E-state index contributed by atoms with van der Waals surface area (Å²) in [7, 11) is 0. The van der Waals surface area contributed by atoms with Crippen LogP contribution in [0.5, 0.6) is 5.75 Å². The van der Waals surface area contributed by atoms with Crippen molar-refractivity contribution in [2.45, 2.75) is 47.0 Å². The van der Waals surface area contributed by atoms with Crippen LogP contribution in [-0.2, 0) is 6.42 Å². The number of ether oxygens (including phenoxy) is 1. The van der Waals surface area contributed by atoms with Gasteiger partial charge in [-0.05, 0) is 47.9 Å². The molecule has 0 spiro atoms. The van der Waals surface area contributed by atoms with Crippen molar-refractivity contribution in [2.75, 3.05) is 6.61 Å². The molecule has 1 rings (SSSR count). The largest absolute Gasteiger partial charge is 0.493 e. The summed E-state index contributed by atoms with van der Waals surface area (Å²) in [6.07, 6.45) is 5.51. The van der Waals surface area contributed by atoms with Crippen LogP contribution in [0.4, 0.5) is 0 Å². The fourth-order valence-electron chi connectivity index (χ4n) is 1.87. The molecule has 0 saturated heterocycles. The Hall–Kier alpha value is -1.24. The van der Waals surface area contributed by atoms with Crippen LogP contribution in [0, 0.1) is 11.8 Å². The zero-order chi connectivity index (χ0) is 14.3. The lowest BCUT2D eigenvalue weighted by atomic mass is 9.99. The molecule has 0 aliphatic rings. The van der Waals surface area contributed by atoms with Crippen molar-refractivity contribution in [3.05, 3.63) is 35.9 Å². The summed E-state index contributed by atoms with van der Waals surface area (Å²) in [5.41, 5.74) is 2.59. The monoisotopic (exact) mass is 260 g/mol. The molecule has 1 atom stereocenters. The van der Waals surface area contributed by atoms with E-state index in [1.54, 1.807) is 0 Å². The number of benzene rings is 1. The maximum atomic E-state index is 5.88. The number of aryl methyl sites for hydroxylation is 1. The van der Waals surface area contributed by atoms with Crippen molar-refractivity contribution >= 4 is 6.08 Å². The van der Waals surface area contributed by atoms with Crippen molar-refractivity contribution in [3.63, 3.8) is 0 Å². The number of hydrogen-bond acceptors (Lipinski definition) is 1. The van der Waals surface area contributed by atoms with Gasteiger partial charge >= 0.3 is 0 Å². The van der Waals surface area contributed by atoms with E-state index in [2.05, 4.69) is 52.5 Å². The van der Waals surface area contributed by atoms with E-state index in [1.807, 2.05) is 6.08 Å². The van der Waals surface area contributed by atoms with Crippen LogP contribution in [0.2, 0.25) is 0 Å². The van der Waals surface area contributed by atoms with E-state index in [9.17, 15) is 0 Å². The van der Waals surface area contributed by atoms with Gasteiger partial charge in [0, 0.05) is 0 Å². The number of unbranched alkanes of at least 4 members (excludes halogenated alkanes) is 1. The second kappa shape index (κ2) is 8.04. The van der Waals surface area contributed by atoms with Gasteiger partial charge in [-0.3, -0.25) is 0 Å². The second-order valence-electron chi connectivity index (χ2n) is 5.70. The van der Waals surface area contributed by atoms with E-state index in [0.29, 0.717) is 11.8 Å². The summed E-state index contributed by atoms with van der Waals surface area (Å²) in [6, 6.07) is 6.39. The van der Waals surface area contributed by atoms with Crippen LogP contribution >= 0.6 is 0 Å². The molecule has 1 heteroatoms. The Bertz CT molecular complexity index is 393. The lowest BCUT2D eigenvalue weighted by Gasteiger charge is -2.17. The minimum atomic E-state index is 0.576. The molecule has 1 nitrogen and oxygen atoms in total. The molecular formula is C18H28O. The molecule has 0 aromatic heterocycles. The molecule has 0 amide bonds. The molecule has 0 aliphatic heterocycles. The summed E-state index contributed by atoms with van der Waals surface area (Å²) in [5.74, 6) is 2.19. The summed E-state index contributed by atoms with van der Waals surface area (Å²) in [4.78, 5) is 0. The van der Waals surface area contributed by atoms with E-state index < -0.39 is 0 Å². The molecule has 0 bridgehead atoms. The Morgan fingerprint density at radius 3 is 2.58 bits per heavy atom. The molecule has 1 aromatic carbocycles. The van der Waals surface area contributed by atoms with Gasteiger partial charge in [-0.25, -0.2) is 0 Å². The van der Waals surface area contributed by atoms with E-state index in [-0.39, 0.29) is 0 Å². The second-order valence-corrected chi connectivity index (χ2v) is 5.70. The van der Waals surface area contributed by atoms with Crippen molar-refractivity contribution in [3.8, 4) is 5.75 Å². The van der Waals surface area contributed by atoms with E-state index in [0.717, 1.165) is 18.8 Å². The quantitative estimate of drug-likeness (QED) is 0.612. The Labute approximate surface area is 118 Å². The topological polar surface area (TPSA) is 9.23 Å². The molecule has 1 unspecified atom stereocenters. The molecule has 0 heterocycles. The van der Waals surface area contributed by atoms with Gasteiger partial charge in [0.15, 0.2) is 0 Å². The third-order valence-electron chi connectivity index (χ3n) is 3.79. The van der Waals surface area contributed by atoms with Gasteiger partial charge in [0.25, 0.3) is 0 Å². The maximum Gasteiger partial charge on any atom is 0.119 e. The summed E-state index contributed by atoms with van der Waals surface area (Å²) < 4.78 is 5.88. The van der Waals surface area contributed by atoms with E-state index >= 15 is 0 Å². The highest BCUT2D eigenvalue weighted by Crippen LogP contribution is 2.22. The van der Waals surface area contributed by atoms with Crippen LogP contribution in [0.1, 0.15) is 51.7 Å². The highest BCUT2D eigenvalue weighted by molar-refractivity contribution is 5.54. The molecule has 0 saturated carbocycles. The molecule has 0 aliphatic carbocycles. The predicted molar refractivity (Wildman–Crippen MR) is 84.6 cm³/mol. The minimum Gasteiger partial charge on any atom is -0.493 e. The first-order valence-electron chi connectivity index (χ1n) is 7.46. The predicted octanol–water partition coefficient (Wildman–Crippen LogP) is 5.34. The third kappa shape index (κ3) is 5.10. The van der Waals surface area contributed by atoms with Gasteiger partial charge in [0.2, 0.25) is 0 Å². The van der Waals surface area contributed by atoms with Crippen molar-refractivity contribution in [2.24, 2.45) is 11.8 Å². The molecule has 1 aromatic rings. The molecule has 106 valence electrons. The molecule has 0 fully saturated rings. The van der Waals surface area contributed by atoms with E-state index in [4.69, 9.17) is 4.74 Å². The van der Waals surface area contributed by atoms with Crippen LogP contribution in [0.25, 0.3) is 6.08 Å². The first-order valence-corrected chi connectivity index (χ1v) is 7.46. The van der Waals surface area contributed by atoms with Crippen LogP contribution in [0.15, 0.2) is 24.8 Å². The Morgan fingerprint density at radius 2 is 2.00 bits per heavy atom. The first kappa shape index (κ1) is 15.8. The smallest absolute Gasteiger partial charge is 0.119 e. The standard InChI is InChI=1S/C18H28O/c1-6-8-9-17-10-11-18(12-16(17)7-2)19-13-15(5)14(3)4/h7,10-12,14-15H,2,6,8-9,13H2,1,3-5H3. The summed E-state index contributed by atoms with van der Waals surface area (Å²) in [6.45, 7) is 13.6. The number of hydrogen-bond donors (Lipinski definition) is 0. The Morgan fingerprint density at radius 1 is 1.26 bits per heavy atom. The van der Waals surface area contributed by atoms with Gasteiger partial charge in [0.05, 0.1) is 6.61 Å². The highest BCUT2D eigenvalue weighted by atomic mass is 16.5. The molecular weight excluding hydrogens is 232 g/mol. The average molecular weight is 260 g/mol. The Kier molecular flexibility index (Phi) is 6.69. The molecule has 0 N–H and O–H groups in total. The van der Waals surface area contributed by atoms with Gasteiger partial charge in [-0.1, -0.05) is 52.8 Å². The van der Waals surface area contributed by atoms with E-state index in [1.165, 1.54) is 24.0 Å². The highest BCUT2D eigenvalue weighted by Gasteiger charge is 2.08. The third-order valence-corrected chi connectivity index (χ3v) is 3.79. The van der Waals surface area contributed by atoms with Crippen LogP contribution in [-0.4, -0.2) is 6.61 Å². The molecule has 0 radical (unpaired) electrons. The lowest BCUT2D eigenvalue weighted by Crippen LogP contribution is -2.14. The van der Waals surface area contributed by atoms with Crippen LogP contribution < -0.4 is 4.74 Å². The van der Waals surface area contributed by atoms with Crippen LogP contribution in [0.3, 0.4) is 0 Å². The summed E-state index contributed by atoms with van der Waals surface area (Å²) in [5, 5.41) is 0. The SMILES string of the molecule is C=Cc1cc(OCC(C)C(C)C)ccc1CCCC. The first-order chi connectivity index (χ1) is 9.08. The minimum absolute atomic E-state index is 0.576. The fraction of sp³-hybridized carbons (Fsp3) is 0.556. The Balaban J connectivity index is 2.68. The lowest BCUT2D eigenvalue weighted by molar-refractivity contribution is 0.223. The number of rotatable bonds is 8. The van der Waals surface area contributed by atoms with Crippen molar-refractivity contribution in [1.29, 1.82) is 0 Å². The average Bonchev–Trinajstić information content (AvgIpc) is 2.42. The van der Waals surface area contributed by atoms with Gasteiger partial charge in [-0.2, -0.15) is 0 Å². The zero-order valence-electron chi connectivity index (χ0n) is 12.9. The maximum absolute atomic E-state index is 5.88. The van der Waals surface area contributed by atoms with Gasteiger partial charge in [0.1, 0.15) is 5.75 Å². The zero-order valence-corrected chi connectivity index (χ0v) is 12.9. The van der Waals surface area contributed by atoms with Gasteiger partial charge in [-0.15, -0.1) is 0 Å². The fourth-order valence-corrected chi connectivity index (χ4v) is 1.87.